The summed E-state index contributed by atoms with van der Waals surface area (Å²) in [5, 5.41) is 6.55. The molecule has 0 aromatic heterocycles. The quantitative estimate of drug-likeness (QED) is 0.495. The highest BCUT2D eigenvalue weighted by molar-refractivity contribution is 5.97. The highest BCUT2D eigenvalue weighted by atomic mass is 35.5. The summed E-state index contributed by atoms with van der Waals surface area (Å²) in [5.74, 6) is -0.222. The second kappa shape index (κ2) is 11.6. The fourth-order valence-electron chi connectivity index (χ4n) is 4.41. The maximum absolute atomic E-state index is 13.4. The van der Waals surface area contributed by atoms with E-state index in [1.54, 1.807) is 24.3 Å². The Morgan fingerprint density at radius 3 is 1.94 bits per heavy atom. The van der Waals surface area contributed by atoms with Crippen LogP contribution in [0.5, 0.6) is 0 Å². The van der Waals surface area contributed by atoms with E-state index in [2.05, 4.69) is 29.6 Å². The number of hydrogen-bond acceptors (Lipinski definition) is 3. The standard InChI is InChI=1S/C27H29F2N3O.ClH/c1-32(2)17-18-11-26(30-15-18)16-31-27(33)23-13-21(19-3-7-24(28)8-4-19)12-22(14-23)20-5-9-25(29)10-6-20;/h3-10,12-14,18,26,30H,11,15-17H2,1-2H3,(H,31,33);1H/t18-,26+;/m1./s1. The highest BCUT2D eigenvalue weighted by Crippen LogP contribution is 2.29. The summed E-state index contributed by atoms with van der Waals surface area (Å²) < 4.78 is 26.9. The van der Waals surface area contributed by atoms with Gasteiger partial charge in [-0.25, -0.2) is 8.78 Å². The third-order valence-corrected chi connectivity index (χ3v) is 6.00. The molecule has 0 unspecified atom stereocenters. The molecule has 7 heteroatoms. The van der Waals surface area contributed by atoms with E-state index in [0.29, 0.717) is 18.0 Å². The first-order chi connectivity index (χ1) is 15.9. The minimum absolute atomic E-state index is 0. The van der Waals surface area contributed by atoms with Crippen LogP contribution in [-0.2, 0) is 0 Å². The van der Waals surface area contributed by atoms with Crippen LogP contribution in [0.3, 0.4) is 0 Å². The van der Waals surface area contributed by atoms with Gasteiger partial charge in [-0.05, 0) is 97.7 Å². The monoisotopic (exact) mass is 485 g/mol. The maximum Gasteiger partial charge on any atom is 0.251 e. The number of halogens is 3. The van der Waals surface area contributed by atoms with Crippen LogP contribution in [0.15, 0.2) is 66.7 Å². The molecule has 0 saturated carbocycles. The van der Waals surface area contributed by atoms with Gasteiger partial charge in [0, 0.05) is 24.7 Å². The number of amides is 1. The molecule has 2 atom stereocenters. The second-order valence-corrected chi connectivity index (χ2v) is 8.99. The maximum atomic E-state index is 13.4. The van der Waals surface area contributed by atoms with Crippen molar-refractivity contribution in [2.24, 2.45) is 5.92 Å². The summed E-state index contributed by atoms with van der Waals surface area (Å²) in [6.45, 7) is 2.53. The van der Waals surface area contributed by atoms with E-state index in [0.717, 1.165) is 41.8 Å². The second-order valence-electron chi connectivity index (χ2n) is 8.99. The van der Waals surface area contributed by atoms with E-state index in [1.807, 2.05) is 18.2 Å². The molecule has 1 aliphatic rings. The van der Waals surface area contributed by atoms with E-state index < -0.39 is 0 Å². The lowest BCUT2D eigenvalue weighted by Gasteiger charge is -2.16. The van der Waals surface area contributed by atoms with Gasteiger partial charge in [-0.15, -0.1) is 12.4 Å². The van der Waals surface area contributed by atoms with Crippen molar-refractivity contribution in [2.75, 3.05) is 33.7 Å². The summed E-state index contributed by atoms with van der Waals surface area (Å²) in [6, 6.07) is 18.2. The third kappa shape index (κ3) is 6.63. The first-order valence-corrected chi connectivity index (χ1v) is 11.2. The lowest BCUT2D eigenvalue weighted by atomic mass is 9.95. The smallest absolute Gasteiger partial charge is 0.251 e. The Balaban J connectivity index is 0.00000324. The average Bonchev–Trinajstić information content (AvgIpc) is 3.24. The zero-order valence-corrected chi connectivity index (χ0v) is 20.2. The number of carbonyl (C=O) groups is 1. The Hall–Kier alpha value is -2.80. The van der Waals surface area contributed by atoms with Gasteiger partial charge in [-0.1, -0.05) is 24.3 Å². The Labute approximate surface area is 205 Å². The highest BCUT2D eigenvalue weighted by Gasteiger charge is 2.24. The molecule has 0 aliphatic carbocycles. The Morgan fingerprint density at radius 2 is 1.44 bits per heavy atom. The van der Waals surface area contributed by atoms with Crippen LogP contribution in [0.25, 0.3) is 22.3 Å². The minimum atomic E-state index is -0.317. The summed E-state index contributed by atoms with van der Waals surface area (Å²) >= 11 is 0. The van der Waals surface area contributed by atoms with E-state index >= 15 is 0 Å². The number of rotatable bonds is 7. The molecule has 3 aromatic carbocycles. The van der Waals surface area contributed by atoms with E-state index in [9.17, 15) is 13.6 Å². The van der Waals surface area contributed by atoms with Crippen LogP contribution in [-0.4, -0.2) is 50.6 Å². The Kier molecular flexibility index (Phi) is 8.78. The Bertz CT molecular complexity index is 1040. The van der Waals surface area contributed by atoms with Crippen molar-refractivity contribution in [3.8, 4) is 22.3 Å². The van der Waals surface area contributed by atoms with Crippen molar-refractivity contribution in [3.05, 3.63) is 83.9 Å². The van der Waals surface area contributed by atoms with Gasteiger partial charge in [0.05, 0.1) is 0 Å². The van der Waals surface area contributed by atoms with Crippen LogP contribution in [0.4, 0.5) is 8.78 Å². The van der Waals surface area contributed by atoms with Gasteiger partial charge >= 0.3 is 0 Å². The number of nitrogens with one attached hydrogen (secondary N) is 2. The zero-order valence-electron chi connectivity index (χ0n) is 19.4. The molecule has 3 aromatic rings. The molecular weight excluding hydrogens is 456 g/mol. The predicted octanol–water partition coefficient (Wildman–Crippen LogP) is 4.99. The van der Waals surface area contributed by atoms with Gasteiger partial charge in [0.2, 0.25) is 0 Å². The molecule has 1 fully saturated rings. The summed E-state index contributed by atoms with van der Waals surface area (Å²) in [4.78, 5) is 15.3. The van der Waals surface area contributed by atoms with Crippen molar-refractivity contribution in [1.29, 1.82) is 0 Å². The van der Waals surface area contributed by atoms with Gasteiger partial charge in [0.25, 0.3) is 5.91 Å². The van der Waals surface area contributed by atoms with Crippen LogP contribution in [0, 0.1) is 17.6 Å². The molecule has 0 radical (unpaired) electrons. The predicted molar refractivity (Wildman–Crippen MR) is 135 cm³/mol. The summed E-state index contributed by atoms with van der Waals surface area (Å²) in [7, 11) is 4.14. The molecule has 4 rings (SSSR count). The first kappa shape index (κ1) is 25.8. The van der Waals surface area contributed by atoms with Crippen LogP contribution >= 0.6 is 12.4 Å². The van der Waals surface area contributed by atoms with Crippen molar-refractivity contribution in [3.63, 3.8) is 0 Å². The number of nitrogens with zero attached hydrogens (tertiary/aromatic N) is 1. The molecular formula is C27H30ClF2N3O. The van der Waals surface area contributed by atoms with Crippen LogP contribution in [0.1, 0.15) is 16.8 Å². The van der Waals surface area contributed by atoms with E-state index in [4.69, 9.17) is 0 Å². The average molecular weight is 486 g/mol. The molecule has 34 heavy (non-hydrogen) atoms. The lowest BCUT2D eigenvalue weighted by molar-refractivity contribution is 0.0950. The molecule has 1 aliphatic heterocycles. The number of hydrogen-bond donors (Lipinski definition) is 2. The molecule has 1 amide bonds. The third-order valence-electron chi connectivity index (χ3n) is 6.00. The fraction of sp³-hybridized carbons (Fsp3) is 0.296. The van der Waals surface area contributed by atoms with Crippen molar-refractivity contribution < 1.29 is 13.6 Å². The lowest BCUT2D eigenvalue weighted by Crippen LogP contribution is -2.37. The normalized spacial score (nSPS) is 17.4. The molecule has 2 N–H and O–H groups in total. The van der Waals surface area contributed by atoms with Gasteiger partial charge in [-0.3, -0.25) is 4.79 Å². The topological polar surface area (TPSA) is 44.4 Å². The molecule has 4 nitrogen and oxygen atoms in total. The van der Waals surface area contributed by atoms with Crippen molar-refractivity contribution in [1.82, 2.24) is 15.5 Å². The van der Waals surface area contributed by atoms with E-state index in [-0.39, 0.29) is 36.0 Å². The van der Waals surface area contributed by atoms with Crippen molar-refractivity contribution >= 4 is 18.3 Å². The number of carbonyl (C=O) groups excluding carboxylic acids is 1. The van der Waals surface area contributed by atoms with Gasteiger partial charge < -0.3 is 15.5 Å². The minimum Gasteiger partial charge on any atom is -0.350 e. The van der Waals surface area contributed by atoms with E-state index in [1.165, 1.54) is 24.3 Å². The molecule has 0 spiro atoms. The molecule has 1 saturated heterocycles. The van der Waals surface area contributed by atoms with Crippen molar-refractivity contribution in [2.45, 2.75) is 12.5 Å². The summed E-state index contributed by atoms with van der Waals surface area (Å²) in [6.07, 6.45) is 1.02. The SMILES string of the molecule is CN(C)C[C@H]1CN[C@H](CNC(=O)c2cc(-c3ccc(F)cc3)cc(-c3ccc(F)cc3)c2)C1.Cl. The Morgan fingerprint density at radius 1 is 0.912 bits per heavy atom. The van der Waals surface area contributed by atoms with Gasteiger partial charge in [0.1, 0.15) is 11.6 Å². The molecule has 180 valence electrons. The molecule has 1 heterocycles. The van der Waals surface area contributed by atoms with Crippen LogP contribution < -0.4 is 10.6 Å². The largest absolute Gasteiger partial charge is 0.350 e. The van der Waals surface area contributed by atoms with Gasteiger partial charge in [-0.2, -0.15) is 0 Å². The number of benzene rings is 3. The van der Waals surface area contributed by atoms with Gasteiger partial charge in [0.15, 0.2) is 0 Å². The zero-order chi connectivity index (χ0) is 23.4. The first-order valence-electron chi connectivity index (χ1n) is 11.2. The fourth-order valence-corrected chi connectivity index (χ4v) is 4.41. The molecule has 0 bridgehead atoms. The van der Waals surface area contributed by atoms with Crippen LogP contribution in [0.2, 0.25) is 0 Å². The summed E-state index contributed by atoms with van der Waals surface area (Å²) in [5.41, 5.74) is 3.72.